The zero-order chi connectivity index (χ0) is 16.5. The van der Waals surface area contributed by atoms with Crippen LogP contribution in [0.2, 0.25) is 0 Å². The first-order chi connectivity index (χ1) is 11.7. The fourth-order valence-corrected chi connectivity index (χ4v) is 3.76. The quantitative estimate of drug-likeness (QED) is 0.844. The first kappa shape index (κ1) is 15.2. The highest BCUT2D eigenvalue weighted by atomic mass is 16.2. The van der Waals surface area contributed by atoms with Crippen molar-refractivity contribution < 1.29 is 4.79 Å². The molecule has 4 heterocycles. The zero-order valence-corrected chi connectivity index (χ0v) is 13.8. The molecular weight excluding hydrogens is 302 g/mol. The number of nitrogens with zero attached hydrogens (tertiary/aromatic N) is 5. The van der Waals surface area contributed by atoms with Crippen LogP contribution in [0.3, 0.4) is 0 Å². The molecule has 0 aliphatic carbocycles. The normalized spacial score (nSPS) is 24.0. The molecule has 2 saturated heterocycles. The van der Waals surface area contributed by atoms with E-state index < -0.39 is 0 Å². The third-order valence-corrected chi connectivity index (χ3v) is 5.25. The molecule has 1 amide bonds. The lowest BCUT2D eigenvalue weighted by Gasteiger charge is -2.25. The van der Waals surface area contributed by atoms with Crippen molar-refractivity contribution in [3.05, 3.63) is 42.5 Å². The summed E-state index contributed by atoms with van der Waals surface area (Å²) in [6.07, 6.45) is 10.2. The van der Waals surface area contributed by atoms with Gasteiger partial charge >= 0.3 is 0 Å². The number of likely N-dealkylation sites (N-methyl/N-ethyl adjacent to an activating group) is 1. The van der Waals surface area contributed by atoms with Crippen molar-refractivity contribution >= 4 is 5.91 Å². The van der Waals surface area contributed by atoms with Gasteiger partial charge in [0.25, 0.3) is 5.91 Å². The Morgan fingerprint density at radius 2 is 1.92 bits per heavy atom. The minimum Gasteiger partial charge on any atom is -0.337 e. The van der Waals surface area contributed by atoms with E-state index >= 15 is 0 Å². The fourth-order valence-electron chi connectivity index (χ4n) is 3.76. The summed E-state index contributed by atoms with van der Waals surface area (Å²) in [5, 5.41) is 0. The summed E-state index contributed by atoms with van der Waals surface area (Å²) in [5.74, 6) is 0.628. The molecule has 0 radical (unpaired) electrons. The van der Waals surface area contributed by atoms with Gasteiger partial charge in [-0.3, -0.25) is 14.7 Å². The standard InChI is InChI=1S/C18H21N5O/c1-22-15-4-5-16(22)12-23(8-6-15)18(24)14-10-20-17(21-11-14)13-3-2-7-19-9-13/h2-3,7,9-11,15-16H,4-6,8,12H2,1H3. The van der Waals surface area contributed by atoms with Gasteiger partial charge in [0.1, 0.15) is 0 Å². The monoisotopic (exact) mass is 323 g/mol. The molecular formula is C18H21N5O. The number of likely N-dealkylation sites (tertiary alicyclic amines) is 1. The topological polar surface area (TPSA) is 62.2 Å². The largest absolute Gasteiger partial charge is 0.337 e. The number of aromatic nitrogens is 3. The number of amides is 1. The van der Waals surface area contributed by atoms with Crippen LogP contribution in [0, 0.1) is 0 Å². The van der Waals surface area contributed by atoms with Crippen molar-refractivity contribution in [3.63, 3.8) is 0 Å². The number of carbonyl (C=O) groups is 1. The number of carbonyl (C=O) groups excluding carboxylic acids is 1. The van der Waals surface area contributed by atoms with E-state index in [1.165, 1.54) is 12.8 Å². The lowest BCUT2D eigenvalue weighted by atomic mass is 10.1. The van der Waals surface area contributed by atoms with E-state index in [9.17, 15) is 4.79 Å². The Kier molecular flexibility index (Phi) is 3.98. The highest BCUT2D eigenvalue weighted by Crippen LogP contribution is 2.29. The maximum Gasteiger partial charge on any atom is 0.257 e. The molecule has 2 aliphatic rings. The average Bonchev–Trinajstić information content (AvgIpc) is 2.87. The molecule has 6 nitrogen and oxygen atoms in total. The summed E-state index contributed by atoms with van der Waals surface area (Å²) in [7, 11) is 2.18. The SMILES string of the molecule is CN1C2CCC1CN(C(=O)c1cnc(-c3cccnc3)nc1)CC2. The van der Waals surface area contributed by atoms with Crippen molar-refractivity contribution in [3.8, 4) is 11.4 Å². The van der Waals surface area contributed by atoms with Gasteiger partial charge in [-0.2, -0.15) is 0 Å². The molecule has 124 valence electrons. The van der Waals surface area contributed by atoms with Gasteiger partial charge in [-0.25, -0.2) is 9.97 Å². The fraction of sp³-hybridized carbons (Fsp3) is 0.444. The van der Waals surface area contributed by atoms with Crippen LogP contribution in [0.15, 0.2) is 36.9 Å². The van der Waals surface area contributed by atoms with Crippen LogP contribution < -0.4 is 0 Å². The number of rotatable bonds is 2. The maximum atomic E-state index is 12.8. The second kappa shape index (κ2) is 6.28. The van der Waals surface area contributed by atoms with E-state index in [4.69, 9.17) is 0 Å². The summed E-state index contributed by atoms with van der Waals surface area (Å²) < 4.78 is 0. The molecule has 0 N–H and O–H groups in total. The summed E-state index contributed by atoms with van der Waals surface area (Å²) >= 11 is 0. The van der Waals surface area contributed by atoms with Crippen molar-refractivity contribution in [2.75, 3.05) is 20.1 Å². The Bertz CT molecular complexity index is 718. The van der Waals surface area contributed by atoms with Crippen molar-refractivity contribution in [1.82, 2.24) is 24.8 Å². The van der Waals surface area contributed by atoms with Crippen LogP contribution in [0.25, 0.3) is 11.4 Å². The van der Waals surface area contributed by atoms with E-state index in [2.05, 4.69) is 26.9 Å². The second-order valence-electron chi connectivity index (χ2n) is 6.63. The van der Waals surface area contributed by atoms with Gasteiger partial charge in [-0.15, -0.1) is 0 Å². The maximum absolute atomic E-state index is 12.8. The average molecular weight is 323 g/mol. The molecule has 2 aromatic heterocycles. The third-order valence-electron chi connectivity index (χ3n) is 5.25. The van der Waals surface area contributed by atoms with Gasteiger partial charge < -0.3 is 4.90 Å². The van der Waals surface area contributed by atoms with E-state index in [-0.39, 0.29) is 5.91 Å². The highest BCUT2D eigenvalue weighted by Gasteiger charge is 2.36. The minimum absolute atomic E-state index is 0.0358. The number of hydrogen-bond acceptors (Lipinski definition) is 5. The third kappa shape index (κ3) is 2.78. The Balaban J connectivity index is 1.50. The van der Waals surface area contributed by atoms with Gasteiger partial charge in [0.15, 0.2) is 5.82 Å². The van der Waals surface area contributed by atoms with E-state index in [1.54, 1.807) is 24.8 Å². The molecule has 2 bridgehead atoms. The van der Waals surface area contributed by atoms with Crippen LogP contribution >= 0.6 is 0 Å². The van der Waals surface area contributed by atoms with Crippen LogP contribution in [0.4, 0.5) is 0 Å². The number of fused-ring (bicyclic) bond motifs is 2. The Hall–Kier alpha value is -2.34. The second-order valence-corrected chi connectivity index (χ2v) is 6.63. The first-order valence-electron chi connectivity index (χ1n) is 8.46. The van der Waals surface area contributed by atoms with Crippen LogP contribution in [0.1, 0.15) is 29.6 Å². The predicted molar refractivity (Wildman–Crippen MR) is 90.4 cm³/mol. The molecule has 24 heavy (non-hydrogen) atoms. The molecule has 0 spiro atoms. The number of hydrogen-bond donors (Lipinski definition) is 0. The first-order valence-corrected chi connectivity index (χ1v) is 8.46. The highest BCUT2D eigenvalue weighted by molar-refractivity contribution is 5.93. The Morgan fingerprint density at radius 1 is 1.12 bits per heavy atom. The summed E-state index contributed by atoms with van der Waals surface area (Å²) in [6.45, 7) is 1.62. The van der Waals surface area contributed by atoms with Crippen molar-refractivity contribution in [2.24, 2.45) is 0 Å². The lowest BCUT2D eigenvalue weighted by molar-refractivity contribution is 0.0739. The van der Waals surface area contributed by atoms with Crippen LogP contribution in [-0.2, 0) is 0 Å². The van der Waals surface area contributed by atoms with Gasteiger partial charge in [0.2, 0.25) is 0 Å². The van der Waals surface area contributed by atoms with Crippen molar-refractivity contribution in [2.45, 2.75) is 31.3 Å². The van der Waals surface area contributed by atoms with E-state index in [1.807, 2.05) is 17.0 Å². The van der Waals surface area contributed by atoms with E-state index in [0.717, 1.165) is 25.1 Å². The molecule has 6 heteroatoms. The number of pyridine rings is 1. The molecule has 2 fully saturated rings. The zero-order valence-electron chi connectivity index (χ0n) is 13.8. The smallest absolute Gasteiger partial charge is 0.257 e. The van der Waals surface area contributed by atoms with Gasteiger partial charge in [-0.1, -0.05) is 0 Å². The molecule has 2 atom stereocenters. The Morgan fingerprint density at radius 3 is 2.67 bits per heavy atom. The van der Waals surface area contributed by atoms with Crippen molar-refractivity contribution in [1.29, 1.82) is 0 Å². The summed E-state index contributed by atoms with van der Waals surface area (Å²) in [4.78, 5) is 30.0. The molecule has 0 aromatic carbocycles. The molecule has 2 aromatic rings. The molecule has 2 unspecified atom stereocenters. The molecule has 0 saturated carbocycles. The van der Waals surface area contributed by atoms with Gasteiger partial charge in [0, 0.05) is 55.5 Å². The van der Waals surface area contributed by atoms with Crippen LogP contribution in [0.5, 0.6) is 0 Å². The predicted octanol–water partition coefficient (Wildman–Crippen LogP) is 1.85. The van der Waals surface area contributed by atoms with Gasteiger partial charge in [0.05, 0.1) is 5.56 Å². The molecule has 4 rings (SSSR count). The van der Waals surface area contributed by atoms with E-state index in [0.29, 0.717) is 23.5 Å². The van der Waals surface area contributed by atoms with Crippen LogP contribution in [-0.4, -0.2) is 62.9 Å². The summed E-state index contributed by atoms with van der Waals surface area (Å²) in [5.41, 5.74) is 1.41. The summed E-state index contributed by atoms with van der Waals surface area (Å²) in [6, 6.07) is 4.86. The lowest BCUT2D eigenvalue weighted by Crippen LogP contribution is -2.39. The Labute approximate surface area is 141 Å². The molecule has 2 aliphatic heterocycles. The minimum atomic E-state index is 0.0358. The van der Waals surface area contributed by atoms with Gasteiger partial charge in [-0.05, 0) is 38.4 Å².